The van der Waals surface area contributed by atoms with Crippen LogP contribution in [0.5, 0.6) is 5.75 Å². The molecule has 3 heterocycles. The summed E-state index contributed by atoms with van der Waals surface area (Å²) in [5, 5.41) is 1.05. The summed E-state index contributed by atoms with van der Waals surface area (Å²) in [6, 6.07) is 16.5. The first-order valence-corrected chi connectivity index (χ1v) is 12.6. The molecule has 36 heavy (non-hydrogen) atoms. The molecular weight excluding hydrogens is 450 g/mol. The summed E-state index contributed by atoms with van der Waals surface area (Å²) in [5.74, 6) is 0.148. The van der Waals surface area contributed by atoms with E-state index in [2.05, 4.69) is 79.4 Å². The highest BCUT2D eigenvalue weighted by Gasteiger charge is 2.54. The highest BCUT2D eigenvalue weighted by Crippen LogP contribution is 2.54. The van der Waals surface area contributed by atoms with Gasteiger partial charge in [-0.25, -0.2) is 9.78 Å². The Morgan fingerprint density at radius 1 is 1.03 bits per heavy atom. The van der Waals surface area contributed by atoms with Gasteiger partial charge in [0.25, 0.3) is 0 Å². The van der Waals surface area contributed by atoms with Crippen molar-refractivity contribution in [2.45, 2.75) is 46.8 Å². The van der Waals surface area contributed by atoms with E-state index < -0.39 is 11.6 Å². The minimum absolute atomic E-state index is 0.300. The van der Waals surface area contributed by atoms with Gasteiger partial charge in [0.2, 0.25) is 0 Å². The number of para-hydroxylation sites is 1. The number of rotatable bonds is 7. The Hall–Kier alpha value is -3.80. The topological polar surface area (TPSA) is 56.6 Å². The highest BCUT2D eigenvalue weighted by molar-refractivity contribution is 5.98. The van der Waals surface area contributed by atoms with E-state index in [0.717, 1.165) is 58.6 Å². The number of hydrogen-bond acceptors (Lipinski definition) is 5. The van der Waals surface area contributed by atoms with Crippen LogP contribution in [-0.4, -0.2) is 35.7 Å². The number of pyridine rings is 1. The van der Waals surface area contributed by atoms with Gasteiger partial charge in [0.05, 0.1) is 12.7 Å². The number of carbonyl (C=O) groups is 1. The largest absolute Gasteiger partial charge is 0.496 e. The van der Waals surface area contributed by atoms with E-state index in [1.807, 2.05) is 18.2 Å². The monoisotopic (exact) mass is 483 g/mol. The Labute approximate surface area is 212 Å². The molecule has 0 amide bonds. The molecule has 0 spiro atoms. The predicted molar refractivity (Wildman–Crippen MR) is 143 cm³/mol. The smallest absolute Gasteiger partial charge is 0.359 e. The summed E-state index contributed by atoms with van der Waals surface area (Å²) in [4.78, 5) is 20.2. The molecule has 4 aromatic rings. The van der Waals surface area contributed by atoms with E-state index in [0.29, 0.717) is 17.0 Å². The number of aromatic nitrogens is 2. The normalized spacial score (nSPS) is 16.8. The van der Waals surface area contributed by atoms with Gasteiger partial charge in [0.1, 0.15) is 5.75 Å². The Kier molecular flexibility index (Phi) is 5.99. The van der Waals surface area contributed by atoms with Crippen LogP contribution in [0.3, 0.4) is 0 Å². The molecule has 6 nitrogen and oxygen atoms in total. The molecular formula is C30H33N3O3. The lowest BCUT2D eigenvalue weighted by Gasteiger charge is -2.33. The van der Waals surface area contributed by atoms with Gasteiger partial charge in [-0.2, -0.15) is 0 Å². The molecule has 5 rings (SSSR count). The van der Waals surface area contributed by atoms with Gasteiger partial charge in [0, 0.05) is 59.2 Å². The maximum absolute atomic E-state index is 13.4. The van der Waals surface area contributed by atoms with Crippen LogP contribution >= 0.6 is 0 Å². The molecule has 0 radical (unpaired) electrons. The molecule has 0 N–H and O–H groups in total. The van der Waals surface area contributed by atoms with Gasteiger partial charge in [-0.05, 0) is 64.4 Å². The summed E-state index contributed by atoms with van der Waals surface area (Å²) < 4.78 is 14.6. The molecule has 186 valence electrons. The van der Waals surface area contributed by atoms with E-state index in [1.165, 1.54) is 0 Å². The average molecular weight is 484 g/mol. The van der Waals surface area contributed by atoms with E-state index in [1.54, 1.807) is 13.3 Å². The third kappa shape index (κ3) is 3.24. The minimum atomic E-state index is -1.19. The summed E-state index contributed by atoms with van der Waals surface area (Å²) in [5.41, 5.74) is 5.99. The summed E-state index contributed by atoms with van der Waals surface area (Å²) in [7, 11) is 1.63. The SMILES string of the molecule is CCN(CC)c1ccc(C2(c3c(C)n(CC)c4ccccc34)OC(=O)c3nccc(OC)c32)c(C)c1. The zero-order valence-electron chi connectivity index (χ0n) is 21.9. The second-order valence-electron chi connectivity index (χ2n) is 9.20. The Morgan fingerprint density at radius 2 is 1.78 bits per heavy atom. The van der Waals surface area contributed by atoms with Crippen LogP contribution < -0.4 is 9.64 Å². The third-order valence-electron chi connectivity index (χ3n) is 7.54. The Morgan fingerprint density at radius 3 is 2.44 bits per heavy atom. The molecule has 0 aliphatic carbocycles. The quantitative estimate of drug-likeness (QED) is 0.302. The van der Waals surface area contributed by atoms with Crippen molar-refractivity contribution in [1.29, 1.82) is 0 Å². The molecule has 1 atom stereocenters. The number of carbonyl (C=O) groups excluding carboxylic acids is 1. The number of hydrogen-bond donors (Lipinski definition) is 0. The van der Waals surface area contributed by atoms with Crippen LogP contribution in [0.2, 0.25) is 0 Å². The molecule has 2 aromatic carbocycles. The van der Waals surface area contributed by atoms with Crippen molar-refractivity contribution < 1.29 is 14.3 Å². The highest BCUT2D eigenvalue weighted by atomic mass is 16.6. The molecule has 1 aliphatic rings. The number of fused-ring (bicyclic) bond motifs is 2. The van der Waals surface area contributed by atoms with Gasteiger partial charge in [-0.3, -0.25) is 0 Å². The fraction of sp³-hybridized carbons (Fsp3) is 0.333. The van der Waals surface area contributed by atoms with Crippen LogP contribution in [0, 0.1) is 13.8 Å². The predicted octanol–water partition coefficient (Wildman–Crippen LogP) is 5.99. The molecule has 1 unspecified atom stereocenters. The molecule has 0 fully saturated rings. The van der Waals surface area contributed by atoms with Gasteiger partial charge >= 0.3 is 5.97 Å². The van der Waals surface area contributed by atoms with Crippen molar-refractivity contribution >= 4 is 22.6 Å². The van der Waals surface area contributed by atoms with Crippen molar-refractivity contribution in [3.05, 3.63) is 88.4 Å². The van der Waals surface area contributed by atoms with E-state index >= 15 is 0 Å². The van der Waals surface area contributed by atoms with Gasteiger partial charge in [0.15, 0.2) is 11.3 Å². The second kappa shape index (κ2) is 9.01. The number of anilines is 1. The second-order valence-corrected chi connectivity index (χ2v) is 9.20. The van der Waals surface area contributed by atoms with Crippen molar-refractivity contribution in [2.75, 3.05) is 25.1 Å². The van der Waals surface area contributed by atoms with Crippen molar-refractivity contribution in [2.24, 2.45) is 0 Å². The molecule has 0 bridgehead atoms. The first-order valence-electron chi connectivity index (χ1n) is 12.6. The lowest BCUT2D eigenvalue weighted by Crippen LogP contribution is -2.32. The maximum atomic E-state index is 13.4. The zero-order valence-corrected chi connectivity index (χ0v) is 21.9. The number of esters is 1. The molecule has 1 aliphatic heterocycles. The maximum Gasteiger partial charge on any atom is 0.359 e. The lowest BCUT2D eigenvalue weighted by atomic mass is 9.77. The fourth-order valence-corrected chi connectivity index (χ4v) is 5.96. The minimum Gasteiger partial charge on any atom is -0.496 e. The number of benzene rings is 2. The first-order chi connectivity index (χ1) is 17.4. The Balaban J connectivity index is 1.93. The van der Waals surface area contributed by atoms with Gasteiger partial charge in [-0.1, -0.05) is 24.3 Å². The molecule has 0 saturated carbocycles. The number of aryl methyl sites for hydroxylation is 2. The number of ether oxygens (including phenoxy) is 2. The van der Waals surface area contributed by atoms with Crippen LogP contribution in [0.25, 0.3) is 10.9 Å². The average Bonchev–Trinajstić information content (AvgIpc) is 3.35. The summed E-state index contributed by atoms with van der Waals surface area (Å²) in [6.45, 7) is 13.3. The summed E-state index contributed by atoms with van der Waals surface area (Å²) >= 11 is 0. The van der Waals surface area contributed by atoms with E-state index in [-0.39, 0.29) is 0 Å². The van der Waals surface area contributed by atoms with Gasteiger partial charge < -0.3 is 18.9 Å². The van der Waals surface area contributed by atoms with Gasteiger partial charge in [-0.15, -0.1) is 0 Å². The number of nitrogens with zero attached hydrogens (tertiary/aromatic N) is 3. The van der Waals surface area contributed by atoms with E-state index in [9.17, 15) is 4.79 Å². The van der Waals surface area contributed by atoms with Crippen LogP contribution in [0.1, 0.15) is 59.2 Å². The summed E-state index contributed by atoms with van der Waals surface area (Å²) in [6.07, 6.45) is 1.60. The van der Waals surface area contributed by atoms with Crippen LogP contribution in [0.15, 0.2) is 54.7 Å². The fourth-order valence-electron chi connectivity index (χ4n) is 5.96. The number of cyclic esters (lactones) is 1. The number of methoxy groups -OCH3 is 1. The Bertz CT molecular complexity index is 1470. The van der Waals surface area contributed by atoms with Crippen molar-refractivity contribution in [3.63, 3.8) is 0 Å². The van der Waals surface area contributed by atoms with Crippen molar-refractivity contribution in [1.82, 2.24) is 9.55 Å². The zero-order chi connectivity index (χ0) is 25.6. The molecule has 6 heteroatoms. The third-order valence-corrected chi connectivity index (χ3v) is 7.54. The van der Waals surface area contributed by atoms with Crippen LogP contribution in [0.4, 0.5) is 5.69 Å². The lowest BCUT2D eigenvalue weighted by molar-refractivity contribution is 0.0245. The van der Waals surface area contributed by atoms with E-state index in [4.69, 9.17) is 9.47 Å². The van der Waals surface area contributed by atoms with Crippen molar-refractivity contribution in [3.8, 4) is 5.75 Å². The standard InChI is InChI=1S/C30H33N3O3/c1-7-32(8-2)21-14-15-23(19(4)18-21)30(27-25(35-6)16-17-31-28(27)29(34)36-30)26-20(5)33(9-3)24-13-11-10-12-22(24)26/h10-18H,7-9H2,1-6H3. The molecule has 0 saturated heterocycles. The molecule has 2 aromatic heterocycles. The van der Waals surface area contributed by atoms with Crippen LogP contribution in [-0.2, 0) is 16.9 Å². The first kappa shape index (κ1) is 23.9.